The Balaban J connectivity index is 0.000000105. The molecule has 0 spiro atoms. The molecule has 6 aromatic rings. The number of hydrogen-bond acceptors (Lipinski definition) is 6. The first-order chi connectivity index (χ1) is 64.5. The molecule has 30 unspecified atom stereocenters. The first-order valence-corrected chi connectivity index (χ1v) is 69.7. The highest BCUT2D eigenvalue weighted by Crippen LogP contribution is 2.67. The lowest BCUT2D eigenvalue weighted by molar-refractivity contribution is 0.421. The first-order valence-electron chi connectivity index (χ1n) is 53.0. The summed E-state index contributed by atoms with van der Waals surface area (Å²) in [7, 11) is -0.658. The van der Waals surface area contributed by atoms with Crippen LogP contribution in [0.1, 0.15) is 189 Å². The molecule has 0 saturated heterocycles. The Morgan fingerprint density at radius 2 is 0.438 bits per heavy atom. The number of benzene rings is 6. The Bertz CT molecular complexity index is 5980. The maximum Gasteiger partial charge on any atom is 0.147 e. The zero-order valence-electron chi connectivity index (χ0n) is 88.3. The quantitative estimate of drug-likeness (QED) is 0.154. The number of hydrogen-bond donors (Lipinski definition) is 0. The van der Waals surface area contributed by atoms with E-state index in [2.05, 4.69) is 528 Å². The zero-order valence-corrected chi connectivity index (χ0v) is 97.1. The molecule has 6 fully saturated rings. The number of likely N-dealkylation sites (N-methyl/N-ethyl adjacent to an activating group) is 2. The van der Waals surface area contributed by atoms with E-state index >= 15 is 0 Å². The van der Waals surface area contributed by atoms with E-state index in [0.717, 1.165) is 0 Å². The minimum absolute atomic E-state index is 0.211. The van der Waals surface area contributed by atoms with E-state index in [1.165, 1.54) is 82.1 Å². The standard InChI is InChI=1S/C24H35NSi.C23H33NSi.C21H27N.C20H26BrNSi.C19H24BrNSi.C17H18BrN/c1-16-18-10-8-9-11-19(18)22-20-14-17(24(2,3)4)12-13-21(20)25(23(16)22)15-26(5,6)7;1-15-17-10-8-9-11-18(17)21-19-14-16(23(2,3)4)12-13-20(19)24(22(15)21)25(5,6)7;1-13-15-8-6-7-9-16(15)19-17-12-14(21(2,3)4)10-11-18(17)22(5)20(13)19;1-13-15-7-5-6-8-16(15)19-17-11-14(21)9-10-18(17)22(20(13)19)12-23(2,3)4;1-12-14-7-5-6-8-15(14)18-16-11-13(20)9-10-17(16)21(19(12)18)22(2,3)4;1-10-12-5-3-4-6-13(12)16-14-9-11(18)7-8-15(14)19(2)17(10)16/h8-14,16,18-19,22-23H,15H2,1-7H3;8-15,17-18,21-22H,1-7H3;6-13,15-16,19-20H,1-5H3;5-11,13,15-16,19-20H,12H2,1-4H3;5-12,14-15,18-19H,1-4H3;3-10,12-13,16-17H,1-2H3. The van der Waals surface area contributed by atoms with Crippen molar-refractivity contribution in [2.75, 3.05) is 55.2 Å². The molecule has 726 valence electrons. The van der Waals surface area contributed by atoms with E-state index in [-0.39, 0.29) is 16.2 Å². The van der Waals surface area contributed by atoms with Gasteiger partial charge in [0, 0.05) is 146 Å². The molecule has 18 aliphatic rings. The van der Waals surface area contributed by atoms with E-state index < -0.39 is 32.6 Å². The minimum atomic E-state index is -1.45. The van der Waals surface area contributed by atoms with E-state index in [0.29, 0.717) is 178 Å². The van der Waals surface area contributed by atoms with Crippen LogP contribution in [0, 0.1) is 107 Å². The molecular weight excluding hydrogens is 1930 g/mol. The molecule has 24 rings (SSSR count). The lowest BCUT2D eigenvalue weighted by Gasteiger charge is -2.41. The van der Waals surface area contributed by atoms with Gasteiger partial charge in [-0.2, -0.15) is 0 Å². The van der Waals surface area contributed by atoms with Crippen molar-refractivity contribution >= 4 is 115 Å². The molecule has 6 nitrogen and oxygen atoms in total. The summed E-state index contributed by atoms with van der Waals surface area (Å²) in [5, 5.41) is 0. The fourth-order valence-corrected chi connectivity index (χ4v) is 39.3. The minimum Gasteiger partial charge on any atom is -0.394 e. The van der Waals surface area contributed by atoms with Crippen molar-refractivity contribution in [3.8, 4) is 0 Å². The maximum atomic E-state index is 3.70. The van der Waals surface area contributed by atoms with Gasteiger partial charge >= 0.3 is 0 Å². The van der Waals surface area contributed by atoms with Crippen LogP contribution in [-0.4, -0.2) is 95.3 Å². The van der Waals surface area contributed by atoms with Crippen molar-refractivity contribution in [1.29, 1.82) is 0 Å². The van der Waals surface area contributed by atoms with Crippen LogP contribution in [0.2, 0.25) is 78.6 Å². The van der Waals surface area contributed by atoms with Gasteiger partial charge in [0.2, 0.25) is 0 Å². The molecule has 137 heavy (non-hydrogen) atoms. The van der Waals surface area contributed by atoms with E-state index in [1.54, 1.807) is 27.8 Å². The van der Waals surface area contributed by atoms with Crippen LogP contribution in [0.15, 0.2) is 268 Å². The molecular formula is C124H163Br3N6Si4. The van der Waals surface area contributed by atoms with Crippen molar-refractivity contribution in [1.82, 2.24) is 0 Å². The number of allylic oxidation sites excluding steroid dienone is 24. The second kappa shape index (κ2) is 36.6. The topological polar surface area (TPSA) is 19.4 Å². The summed E-state index contributed by atoms with van der Waals surface area (Å²) in [6, 6.07) is 46.5. The SMILES string of the molecule is CC1C2C=CC=CC2C2c3cc(Br)ccc3N(C)C12.CC1C2C=CC=CC2C2c3cc(Br)ccc3N(C[Si](C)(C)C)C12.CC1C2C=CC=CC2C2c3cc(Br)ccc3N([Si](C)(C)C)C12.CC1C2C=CC=CC2C2c3cc(C(C)(C)C)ccc3N(C)C12.CC1C2C=CC=CC2C2c3cc(C(C)(C)C)ccc3N(C[Si](C)(C)C)C12.CC1C2C=CC=CC2C2c3cc(C(C)(C)C)ccc3N([Si](C)(C)C)C12. The number of nitrogens with zero attached hydrogens (tertiary/aromatic N) is 6. The highest BCUT2D eigenvalue weighted by Gasteiger charge is 2.62. The summed E-state index contributed by atoms with van der Waals surface area (Å²) >= 11 is 11.0. The molecule has 30 atom stereocenters. The van der Waals surface area contributed by atoms with Crippen LogP contribution >= 0.6 is 47.8 Å². The summed E-state index contributed by atoms with van der Waals surface area (Å²) in [4.78, 5) is 10.7. The molecule has 0 bridgehead atoms. The number of halogens is 3. The lowest BCUT2D eigenvalue weighted by atomic mass is 9.79. The van der Waals surface area contributed by atoms with Gasteiger partial charge < -0.3 is 28.7 Å². The van der Waals surface area contributed by atoms with Gasteiger partial charge in [0.05, 0.1) is 16.1 Å². The van der Waals surface area contributed by atoms with E-state index in [9.17, 15) is 0 Å². The Hall–Kier alpha value is -6.69. The average Bonchev–Trinajstić information content (AvgIpc) is 1.54. The smallest absolute Gasteiger partial charge is 0.147 e. The van der Waals surface area contributed by atoms with Crippen molar-refractivity contribution < 1.29 is 0 Å². The summed E-state index contributed by atoms with van der Waals surface area (Å²) in [5.41, 5.74) is 23.5. The Morgan fingerprint density at radius 1 is 0.241 bits per heavy atom. The molecule has 6 aromatic carbocycles. The molecule has 6 heterocycles. The number of fused-ring (bicyclic) bond motifs is 30. The second-order valence-corrected chi connectivity index (χ2v) is 75.9. The number of rotatable bonds is 6. The Morgan fingerprint density at radius 3 is 0.723 bits per heavy atom. The van der Waals surface area contributed by atoms with Gasteiger partial charge in [0.25, 0.3) is 0 Å². The van der Waals surface area contributed by atoms with Crippen LogP contribution in [0.5, 0.6) is 0 Å². The largest absolute Gasteiger partial charge is 0.394 e. The zero-order chi connectivity index (χ0) is 97.8. The van der Waals surface area contributed by atoms with Gasteiger partial charge in [-0.3, -0.25) is 0 Å². The van der Waals surface area contributed by atoms with Crippen molar-refractivity contribution in [2.45, 2.75) is 270 Å². The summed E-state index contributed by atoms with van der Waals surface area (Å²) in [5.74, 6) is 16.4. The van der Waals surface area contributed by atoms with Crippen LogP contribution in [0.3, 0.4) is 0 Å². The van der Waals surface area contributed by atoms with Crippen molar-refractivity contribution in [3.05, 3.63) is 319 Å². The molecule has 12 aliphatic carbocycles. The number of anilines is 6. The molecule has 0 amide bonds. The average molecular weight is 2090 g/mol. The van der Waals surface area contributed by atoms with Gasteiger partial charge in [-0.15, -0.1) is 0 Å². The highest BCUT2D eigenvalue weighted by molar-refractivity contribution is 9.11. The lowest BCUT2D eigenvalue weighted by Crippen LogP contribution is -2.52. The van der Waals surface area contributed by atoms with E-state index in [4.69, 9.17) is 0 Å². The normalized spacial score (nSPS) is 34.8. The molecule has 0 N–H and O–H groups in total. The van der Waals surface area contributed by atoms with Crippen LogP contribution in [0.4, 0.5) is 34.1 Å². The molecule has 0 aromatic heterocycles. The van der Waals surface area contributed by atoms with Gasteiger partial charge in [0.1, 0.15) is 16.5 Å². The van der Waals surface area contributed by atoms with E-state index in [1.807, 2.05) is 0 Å². The predicted octanol–water partition coefficient (Wildman–Crippen LogP) is 32.7. The van der Waals surface area contributed by atoms with Crippen LogP contribution in [-0.2, 0) is 16.2 Å². The van der Waals surface area contributed by atoms with Gasteiger partial charge in [-0.1, -0.05) is 412 Å². The van der Waals surface area contributed by atoms with Crippen LogP contribution < -0.4 is 28.7 Å². The molecule has 6 saturated carbocycles. The summed E-state index contributed by atoms with van der Waals surface area (Å²) < 4.78 is 9.35. The molecule has 0 radical (unpaired) electrons. The third-order valence-electron chi connectivity index (χ3n) is 36.6. The fraction of sp³-hybridized carbons (Fsp3) is 0.516. The van der Waals surface area contributed by atoms with Gasteiger partial charge in [-0.25, -0.2) is 0 Å². The first kappa shape index (κ1) is 99.1. The van der Waals surface area contributed by atoms with Gasteiger partial charge in [0.15, 0.2) is 0 Å². The van der Waals surface area contributed by atoms with Crippen molar-refractivity contribution in [3.63, 3.8) is 0 Å². The second-order valence-electron chi connectivity index (χ2n) is 52.7. The molecule has 6 aliphatic heterocycles. The molecule has 13 heteroatoms. The summed E-state index contributed by atoms with van der Waals surface area (Å²) in [6.45, 7) is 65.8. The monoisotopic (exact) mass is 2080 g/mol. The third-order valence-corrected chi connectivity index (χ3v) is 44.6. The maximum absolute atomic E-state index is 3.70. The Labute approximate surface area is 857 Å². The van der Waals surface area contributed by atoms with Crippen molar-refractivity contribution in [2.24, 2.45) is 107 Å². The fourth-order valence-electron chi connectivity index (χ4n) is 31.0. The van der Waals surface area contributed by atoms with Gasteiger partial charge in [-0.05, 0) is 246 Å². The highest BCUT2D eigenvalue weighted by atomic mass is 79.9. The van der Waals surface area contributed by atoms with Crippen LogP contribution in [0.25, 0.3) is 0 Å². The third kappa shape index (κ3) is 17.6. The summed E-state index contributed by atoms with van der Waals surface area (Å²) in [6.07, 6.45) is 59.1. The Kier molecular flexibility index (Phi) is 26.4. The predicted molar refractivity (Wildman–Crippen MR) is 613 cm³/mol.